The van der Waals surface area contributed by atoms with E-state index >= 15 is 0 Å². The summed E-state index contributed by atoms with van der Waals surface area (Å²) in [7, 11) is 0. The number of benzene rings is 1. The standard InChI is InChI=1S/C26H43N3O.ClH/c1-6-28(7-2)25(30)20-27-16-18-29(19-17-27)24-11-9-8-10-23(24)21-12-14-22(15-13-21)26(3,4)5;/h8-11,21-22H,6-7,12-20H2,1-5H3;1H. The van der Waals surface area contributed by atoms with Crippen LogP contribution in [0.15, 0.2) is 24.3 Å². The van der Waals surface area contributed by atoms with E-state index in [0.29, 0.717) is 17.9 Å². The number of nitrogens with zero attached hydrogens (tertiary/aromatic N) is 3. The van der Waals surface area contributed by atoms with E-state index in [1.54, 1.807) is 5.56 Å². The fraction of sp³-hybridized carbons (Fsp3) is 0.731. The van der Waals surface area contributed by atoms with E-state index in [0.717, 1.165) is 45.2 Å². The SMILES string of the molecule is CCN(CC)C(=O)CN1CCN(c2ccccc2C2CCC(C(C)(C)C)CC2)CC1.Cl. The molecule has 4 nitrogen and oxygen atoms in total. The molecule has 3 rings (SSSR count). The summed E-state index contributed by atoms with van der Waals surface area (Å²) in [4.78, 5) is 19.3. The molecule has 0 spiro atoms. The van der Waals surface area contributed by atoms with Crippen molar-refractivity contribution in [2.24, 2.45) is 11.3 Å². The summed E-state index contributed by atoms with van der Waals surface area (Å²) < 4.78 is 0. The minimum atomic E-state index is 0. The number of hydrogen-bond donors (Lipinski definition) is 0. The summed E-state index contributed by atoms with van der Waals surface area (Å²) >= 11 is 0. The van der Waals surface area contributed by atoms with Gasteiger partial charge in [0.25, 0.3) is 0 Å². The summed E-state index contributed by atoms with van der Waals surface area (Å²) in [5.74, 6) is 1.82. The lowest BCUT2D eigenvalue weighted by Gasteiger charge is -2.40. The Morgan fingerprint density at radius 1 is 0.968 bits per heavy atom. The molecule has 1 aliphatic carbocycles. The highest BCUT2D eigenvalue weighted by atomic mass is 35.5. The van der Waals surface area contributed by atoms with E-state index in [4.69, 9.17) is 0 Å². The smallest absolute Gasteiger partial charge is 0.236 e. The maximum absolute atomic E-state index is 12.5. The van der Waals surface area contributed by atoms with Gasteiger partial charge in [0.05, 0.1) is 6.54 Å². The molecule has 5 heteroatoms. The van der Waals surface area contributed by atoms with Crippen LogP contribution in [0.1, 0.15) is 71.8 Å². The largest absolute Gasteiger partial charge is 0.369 e. The minimum Gasteiger partial charge on any atom is -0.369 e. The molecule has 1 saturated carbocycles. The van der Waals surface area contributed by atoms with Gasteiger partial charge in [-0.15, -0.1) is 12.4 Å². The van der Waals surface area contributed by atoms with Gasteiger partial charge in [0.1, 0.15) is 0 Å². The van der Waals surface area contributed by atoms with Crippen LogP contribution >= 0.6 is 12.4 Å². The molecule has 176 valence electrons. The molecule has 0 aromatic heterocycles. The summed E-state index contributed by atoms with van der Waals surface area (Å²) in [6.07, 6.45) is 5.34. The van der Waals surface area contributed by atoms with Crippen molar-refractivity contribution in [1.82, 2.24) is 9.80 Å². The monoisotopic (exact) mass is 449 g/mol. The average molecular weight is 450 g/mol. The highest BCUT2D eigenvalue weighted by Gasteiger charge is 2.32. The lowest BCUT2D eigenvalue weighted by Crippen LogP contribution is -2.50. The zero-order valence-electron chi connectivity index (χ0n) is 20.4. The molecule has 2 fully saturated rings. The first-order valence-electron chi connectivity index (χ1n) is 12.2. The Hall–Kier alpha value is -1.26. The van der Waals surface area contributed by atoms with Gasteiger partial charge in [-0.25, -0.2) is 0 Å². The number of para-hydroxylation sites is 1. The fourth-order valence-electron chi connectivity index (χ4n) is 5.41. The first-order chi connectivity index (χ1) is 14.3. The van der Waals surface area contributed by atoms with Gasteiger partial charge in [-0.1, -0.05) is 39.0 Å². The molecule has 1 amide bonds. The number of amides is 1. The van der Waals surface area contributed by atoms with Crippen molar-refractivity contribution < 1.29 is 4.79 Å². The van der Waals surface area contributed by atoms with E-state index in [9.17, 15) is 4.79 Å². The second-order valence-electron chi connectivity index (χ2n) is 10.3. The normalized spacial score (nSPS) is 22.7. The lowest BCUT2D eigenvalue weighted by molar-refractivity contribution is -0.132. The van der Waals surface area contributed by atoms with Crippen LogP contribution < -0.4 is 4.90 Å². The number of carbonyl (C=O) groups excluding carboxylic acids is 1. The number of carbonyl (C=O) groups is 1. The van der Waals surface area contributed by atoms with E-state index in [1.807, 2.05) is 4.90 Å². The van der Waals surface area contributed by atoms with Gasteiger partial charge in [-0.05, 0) is 68.4 Å². The van der Waals surface area contributed by atoms with Gasteiger partial charge in [-0.2, -0.15) is 0 Å². The van der Waals surface area contributed by atoms with Crippen molar-refractivity contribution in [2.75, 3.05) is 50.7 Å². The third kappa shape index (κ3) is 6.61. The maximum Gasteiger partial charge on any atom is 0.236 e. The van der Waals surface area contributed by atoms with Gasteiger partial charge in [-0.3, -0.25) is 9.69 Å². The van der Waals surface area contributed by atoms with Crippen LogP contribution in [0, 0.1) is 11.3 Å². The summed E-state index contributed by atoms with van der Waals surface area (Å²) in [6, 6.07) is 9.10. The molecule has 0 atom stereocenters. The predicted octanol–water partition coefficient (Wildman–Crippen LogP) is 5.42. The Balaban J connectivity index is 0.00000341. The molecule has 0 N–H and O–H groups in total. The van der Waals surface area contributed by atoms with Crippen molar-refractivity contribution in [1.29, 1.82) is 0 Å². The average Bonchev–Trinajstić information content (AvgIpc) is 2.75. The number of halogens is 1. The van der Waals surface area contributed by atoms with Gasteiger partial charge in [0.15, 0.2) is 0 Å². The molecule has 1 saturated heterocycles. The van der Waals surface area contributed by atoms with Crippen molar-refractivity contribution in [3.8, 4) is 0 Å². The topological polar surface area (TPSA) is 26.8 Å². The quantitative estimate of drug-likeness (QED) is 0.580. The van der Waals surface area contributed by atoms with Gasteiger partial charge >= 0.3 is 0 Å². The Bertz CT molecular complexity index is 682. The predicted molar refractivity (Wildman–Crippen MR) is 134 cm³/mol. The minimum absolute atomic E-state index is 0. The van der Waals surface area contributed by atoms with Crippen LogP contribution in [-0.2, 0) is 4.79 Å². The van der Waals surface area contributed by atoms with Gasteiger partial charge in [0, 0.05) is 45.0 Å². The molecule has 0 radical (unpaired) electrons. The fourth-order valence-corrected chi connectivity index (χ4v) is 5.41. The van der Waals surface area contributed by atoms with E-state index in [-0.39, 0.29) is 18.3 Å². The van der Waals surface area contributed by atoms with Crippen LogP contribution in [0.3, 0.4) is 0 Å². The Kier molecular flexibility index (Phi) is 9.69. The molecule has 1 aliphatic heterocycles. The second-order valence-corrected chi connectivity index (χ2v) is 10.3. The Labute approximate surface area is 196 Å². The van der Waals surface area contributed by atoms with Crippen molar-refractivity contribution in [3.63, 3.8) is 0 Å². The van der Waals surface area contributed by atoms with Crippen molar-refractivity contribution >= 4 is 24.0 Å². The molecule has 1 heterocycles. The molecule has 1 aromatic rings. The van der Waals surface area contributed by atoms with Crippen LogP contribution in [0.4, 0.5) is 5.69 Å². The lowest BCUT2D eigenvalue weighted by atomic mass is 9.68. The number of rotatable bonds is 6. The van der Waals surface area contributed by atoms with E-state index < -0.39 is 0 Å². The maximum atomic E-state index is 12.5. The number of likely N-dealkylation sites (N-methyl/N-ethyl adjacent to an activating group) is 1. The van der Waals surface area contributed by atoms with Crippen LogP contribution in [0.2, 0.25) is 0 Å². The number of hydrogen-bond acceptors (Lipinski definition) is 3. The van der Waals surface area contributed by atoms with Crippen LogP contribution in [0.5, 0.6) is 0 Å². The summed E-state index contributed by atoms with van der Waals surface area (Å²) in [5.41, 5.74) is 3.42. The highest BCUT2D eigenvalue weighted by molar-refractivity contribution is 5.85. The van der Waals surface area contributed by atoms with Crippen LogP contribution in [0.25, 0.3) is 0 Å². The summed E-state index contributed by atoms with van der Waals surface area (Å²) in [5, 5.41) is 0. The molecule has 0 bridgehead atoms. The molecule has 1 aromatic carbocycles. The van der Waals surface area contributed by atoms with Crippen molar-refractivity contribution in [3.05, 3.63) is 29.8 Å². The second kappa shape index (κ2) is 11.6. The van der Waals surface area contributed by atoms with E-state index in [2.05, 4.69) is 68.7 Å². The van der Waals surface area contributed by atoms with Gasteiger partial charge in [0.2, 0.25) is 5.91 Å². The van der Waals surface area contributed by atoms with Crippen LogP contribution in [-0.4, -0.2) is 61.5 Å². The third-order valence-corrected chi connectivity index (χ3v) is 7.52. The number of piperazine rings is 1. The Morgan fingerprint density at radius 3 is 2.10 bits per heavy atom. The molecular formula is C26H44ClN3O. The number of anilines is 1. The molecule has 0 unspecified atom stereocenters. The first kappa shape index (κ1) is 26.0. The Morgan fingerprint density at radius 2 is 1.55 bits per heavy atom. The zero-order chi connectivity index (χ0) is 21.7. The summed E-state index contributed by atoms with van der Waals surface area (Å²) in [6.45, 7) is 17.5. The molecular weight excluding hydrogens is 406 g/mol. The molecule has 2 aliphatic rings. The van der Waals surface area contributed by atoms with Crippen molar-refractivity contribution in [2.45, 2.75) is 66.2 Å². The zero-order valence-corrected chi connectivity index (χ0v) is 21.2. The highest BCUT2D eigenvalue weighted by Crippen LogP contribution is 2.45. The van der Waals surface area contributed by atoms with Gasteiger partial charge < -0.3 is 9.80 Å². The third-order valence-electron chi connectivity index (χ3n) is 7.52. The molecule has 31 heavy (non-hydrogen) atoms. The van der Waals surface area contributed by atoms with E-state index in [1.165, 1.54) is 31.4 Å². The first-order valence-corrected chi connectivity index (χ1v) is 12.2.